The van der Waals surface area contributed by atoms with Crippen LogP contribution >= 0.6 is 0 Å². The Morgan fingerprint density at radius 2 is 1.95 bits per heavy atom. The molecule has 1 fully saturated rings. The van der Waals surface area contributed by atoms with Crippen molar-refractivity contribution >= 4 is 11.8 Å². The van der Waals surface area contributed by atoms with Crippen LogP contribution in [0.3, 0.4) is 0 Å². The van der Waals surface area contributed by atoms with Gasteiger partial charge in [0.05, 0.1) is 6.42 Å². The molecule has 1 aliphatic rings. The highest BCUT2D eigenvalue weighted by Crippen LogP contribution is 2.02. The smallest absolute Gasteiger partial charge is 0.238 e. The van der Waals surface area contributed by atoms with Crippen LogP contribution in [0.15, 0.2) is 18.3 Å². The fourth-order valence-electron chi connectivity index (χ4n) is 2.14. The topological polar surface area (TPSA) is 65.5 Å². The van der Waals surface area contributed by atoms with E-state index in [1.807, 2.05) is 24.1 Å². The molecule has 6 nitrogen and oxygen atoms in total. The number of aryl methyl sites for hydroxylation is 1. The zero-order valence-electron chi connectivity index (χ0n) is 11.9. The summed E-state index contributed by atoms with van der Waals surface area (Å²) >= 11 is 0. The summed E-state index contributed by atoms with van der Waals surface area (Å²) in [5.74, 6) is 0.0358. The summed E-state index contributed by atoms with van der Waals surface area (Å²) in [7, 11) is 0. The summed E-state index contributed by atoms with van der Waals surface area (Å²) in [6, 6.07) is 3.81. The molecule has 0 spiro atoms. The van der Waals surface area contributed by atoms with Crippen LogP contribution in [0, 0.1) is 6.92 Å². The molecule has 0 saturated carbocycles. The number of aromatic nitrogens is 1. The molecule has 1 aliphatic heterocycles. The van der Waals surface area contributed by atoms with E-state index in [1.54, 1.807) is 18.0 Å². The lowest BCUT2D eigenvalue weighted by Crippen LogP contribution is -2.54. The van der Waals surface area contributed by atoms with Gasteiger partial charge in [0, 0.05) is 45.0 Å². The molecule has 1 aromatic heterocycles. The van der Waals surface area contributed by atoms with Gasteiger partial charge < -0.3 is 4.90 Å². The molecule has 0 unspecified atom stereocenters. The van der Waals surface area contributed by atoms with Crippen molar-refractivity contribution in [3.8, 4) is 0 Å². The third kappa shape index (κ3) is 4.03. The lowest BCUT2D eigenvalue weighted by atomic mass is 10.2. The van der Waals surface area contributed by atoms with Crippen LogP contribution < -0.4 is 5.43 Å². The van der Waals surface area contributed by atoms with Gasteiger partial charge in [0.25, 0.3) is 0 Å². The maximum Gasteiger partial charge on any atom is 0.238 e. The Labute approximate surface area is 118 Å². The number of amides is 2. The van der Waals surface area contributed by atoms with Gasteiger partial charge in [-0.05, 0) is 18.6 Å². The molecule has 0 aliphatic carbocycles. The van der Waals surface area contributed by atoms with Crippen molar-refractivity contribution in [3.63, 3.8) is 0 Å². The summed E-state index contributed by atoms with van der Waals surface area (Å²) < 4.78 is 0. The Kier molecular flexibility index (Phi) is 4.68. The first kappa shape index (κ1) is 14.5. The summed E-state index contributed by atoms with van der Waals surface area (Å²) in [4.78, 5) is 29.1. The second-order valence-corrected chi connectivity index (χ2v) is 5.01. The van der Waals surface area contributed by atoms with Gasteiger partial charge in [-0.2, -0.15) is 0 Å². The normalized spacial score (nSPS) is 16.0. The zero-order valence-corrected chi connectivity index (χ0v) is 11.9. The predicted molar refractivity (Wildman–Crippen MR) is 74.6 cm³/mol. The van der Waals surface area contributed by atoms with Gasteiger partial charge in [-0.25, -0.2) is 5.01 Å². The highest BCUT2D eigenvalue weighted by Gasteiger charge is 2.19. The summed E-state index contributed by atoms with van der Waals surface area (Å²) in [5, 5.41) is 1.86. The van der Waals surface area contributed by atoms with Crippen LogP contribution in [0.1, 0.15) is 18.2 Å². The minimum atomic E-state index is -0.0491. The second kappa shape index (κ2) is 6.47. The molecule has 0 aromatic carbocycles. The van der Waals surface area contributed by atoms with E-state index in [0.29, 0.717) is 32.6 Å². The molecule has 0 radical (unpaired) electrons. The predicted octanol–water partition coefficient (Wildman–Crippen LogP) is 0.128. The number of pyridine rings is 1. The largest absolute Gasteiger partial charge is 0.340 e. The van der Waals surface area contributed by atoms with E-state index in [4.69, 9.17) is 0 Å². The van der Waals surface area contributed by atoms with Crippen LogP contribution in [0.5, 0.6) is 0 Å². The van der Waals surface area contributed by atoms with E-state index in [0.717, 1.165) is 11.3 Å². The van der Waals surface area contributed by atoms with Crippen molar-refractivity contribution in [3.05, 3.63) is 29.6 Å². The Morgan fingerprint density at radius 3 is 2.50 bits per heavy atom. The molecule has 20 heavy (non-hydrogen) atoms. The van der Waals surface area contributed by atoms with Crippen LogP contribution in [0.2, 0.25) is 0 Å². The number of piperazine rings is 1. The molecular weight excluding hydrogens is 256 g/mol. The zero-order chi connectivity index (χ0) is 14.5. The number of nitrogens with zero attached hydrogens (tertiary/aromatic N) is 3. The van der Waals surface area contributed by atoms with Crippen molar-refractivity contribution in [2.75, 3.05) is 26.2 Å². The minimum absolute atomic E-state index is 0.0491. The third-order valence-corrected chi connectivity index (χ3v) is 3.35. The van der Waals surface area contributed by atoms with E-state index in [-0.39, 0.29) is 11.8 Å². The van der Waals surface area contributed by atoms with Crippen molar-refractivity contribution < 1.29 is 9.59 Å². The van der Waals surface area contributed by atoms with Gasteiger partial charge in [0.15, 0.2) is 0 Å². The lowest BCUT2D eigenvalue weighted by molar-refractivity contribution is -0.132. The second-order valence-electron chi connectivity index (χ2n) is 5.01. The molecule has 2 heterocycles. The molecule has 2 amide bonds. The SMILES string of the molecule is CC(=O)N1CCN(NC(=O)Cc2ccc(C)nc2)CC1. The first-order valence-corrected chi connectivity index (χ1v) is 6.76. The van der Waals surface area contributed by atoms with Crippen LogP contribution in [0.4, 0.5) is 0 Å². The number of hydrogen-bond donors (Lipinski definition) is 1. The minimum Gasteiger partial charge on any atom is -0.340 e. The Bertz CT molecular complexity index is 478. The fourth-order valence-corrected chi connectivity index (χ4v) is 2.14. The summed E-state index contributed by atoms with van der Waals surface area (Å²) in [5.41, 5.74) is 4.71. The van der Waals surface area contributed by atoms with Gasteiger partial charge in [0.2, 0.25) is 11.8 Å². The van der Waals surface area contributed by atoms with E-state index >= 15 is 0 Å². The molecule has 6 heteroatoms. The van der Waals surface area contributed by atoms with Crippen molar-refractivity contribution in [2.45, 2.75) is 20.3 Å². The molecule has 0 atom stereocenters. The van der Waals surface area contributed by atoms with E-state index in [1.165, 1.54) is 0 Å². The Morgan fingerprint density at radius 1 is 1.25 bits per heavy atom. The Balaban J connectivity index is 1.78. The number of rotatable bonds is 3. The average Bonchev–Trinajstić information content (AvgIpc) is 2.42. The third-order valence-electron chi connectivity index (χ3n) is 3.35. The van der Waals surface area contributed by atoms with Gasteiger partial charge in [-0.15, -0.1) is 0 Å². The van der Waals surface area contributed by atoms with Gasteiger partial charge in [-0.3, -0.25) is 20.0 Å². The number of carbonyl (C=O) groups excluding carboxylic acids is 2. The fraction of sp³-hybridized carbons (Fsp3) is 0.500. The quantitative estimate of drug-likeness (QED) is 0.852. The van der Waals surface area contributed by atoms with Crippen molar-refractivity contribution in [2.24, 2.45) is 0 Å². The molecule has 2 rings (SSSR count). The maximum atomic E-state index is 11.9. The standard InChI is InChI=1S/C14H20N4O2/c1-11-3-4-13(10-15-11)9-14(20)16-18-7-5-17(6-8-18)12(2)19/h3-4,10H,5-9H2,1-2H3,(H,16,20). The van der Waals surface area contributed by atoms with Gasteiger partial charge >= 0.3 is 0 Å². The molecule has 1 aromatic rings. The molecular formula is C14H20N4O2. The average molecular weight is 276 g/mol. The van der Waals surface area contributed by atoms with E-state index < -0.39 is 0 Å². The number of nitrogens with one attached hydrogen (secondary N) is 1. The van der Waals surface area contributed by atoms with Gasteiger partial charge in [-0.1, -0.05) is 6.07 Å². The summed E-state index contributed by atoms with van der Waals surface area (Å²) in [6.07, 6.45) is 2.04. The first-order chi connectivity index (χ1) is 9.54. The highest BCUT2D eigenvalue weighted by molar-refractivity contribution is 5.78. The molecule has 1 saturated heterocycles. The number of hydrogen-bond acceptors (Lipinski definition) is 4. The molecule has 1 N–H and O–H groups in total. The number of hydrazine groups is 1. The molecule has 108 valence electrons. The van der Waals surface area contributed by atoms with Crippen LogP contribution in [0.25, 0.3) is 0 Å². The van der Waals surface area contributed by atoms with Crippen LogP contribution in [-0.4, -0.2) is 52.9 Å². The Hall–Kier alpha value is -1.95. The van der Waals surface area contributed by atoms with E-state index in [2.05, 4.69) is 10.4 Å². The van der Waals surface area contributed by atoms with Crippen molar-refractivity contribution in [1.82, 2.24) is 20.3 Å². The molecule has 0 bridgehead atoms. The number of carbonyl (C=O) groups is 2. The first-order valence-electron chi connectivity index (χ1n) is 6.76. The van der Waals surface area contributed by atoms with Crippen LogP contribution in [-0.2, 0) is 16.0 Å². The van der Waals surface area contributed by atoms with Crippen molar-refractivity contribution in [1.29, 1.82) is 0 Å². The van der Waals surface area contributed by atoms with E-state index in [9.17, 15) is 9.59 Å². The highest BCUT2D eigenvalue weighted by atomic mass is 16.2. The van der Waals surface area contributed by atoms with Gasteiger partial charge in [0.1, 0.15) is 0 Å². The monoisotopic (exact) mass is 276 g/mol. The maximum absolute atomic E-state index is 11.9. The summed E-state index contributed by atoms with van der Waals surface area (Å²) in [6.45, 7) is 6.12. The lowest BCUT2D eigenvalue weighted by Gasteiger charge is -2.34.